The van der Waals surface area contributed by atoms with Crippen LogP contribution in [0.3, 0.4) is 0 Å². The van der Waals surface area contributed by atoms with Gasteiger partial charge in [-0.25, -0.2) is 4.39 Å². The number of amides is 1. The average Bonchev–Trinajstić information content (AvgIpc) is 3.16. The van der Waals surface area contributed by atoms with Gasteiger partial charge < -0.3 is 5.32 Å². The Morgan fingerprint density at radius 1 is 1.30 bits per heavy atom. The lowest BCUT2D eigenvalue weighted by Crippen LogP contribution is -2.26. The number of halogens is 6. The predicted molar refractivity (Wildman–Crippen MR) is 106 cm³/mol. The number of nitrogens with one attached hydrogen (secondary N) is 1. The Balaban J connectivity index is 1.78. The summed E-state index contributed by atoms with van der Waals surface area (Å²) in [6.45, 7) is 2.89. The Hall–Kier alpha value is -2.40. The second-order valence-corrected chi connectivity index (χ2v) is 7.67. The normalized spacial score (nSPS) is 12.8. The van der Waals surface area contributed by atoms with Crippen molar-refractivity contribution in [2.75, 3.05) is 5.32 Å². The van der Waals surface area contributed by atoms with Crippen molar-refractivity contribution in [3.63, 3.8) is 0 Å². The summed E-state index contributed by atoms with van der Waals surface area (Å²) in [5, 5.41) is 10.2. The number of carbonyl (C=O) groups is 1. The van der Waals surface area contributed by atoms with Crippen LogP contribution in [0.5, 0.6) is 0 Å². The molecule has 0 aliphatic heterocycles. The van der Waals surface area contributed by atoms with E-state index in [9.17, 15) is 22.4 Å². The van der Waals surface area contributed by atoms with Crippen molar-refractivity contribution in [3.8, 4) is 0 Å². The van der Waals surface area contributed by atoms with Crippen molar-refractivity contribution in [2.24, 2.45) is 0 Å². The van der Waals surface area contributed by atoms with Gasteiger partial charge in [-0.05, 0) is 35.8 Å². The Labute approximate surface area is 181 Å². The molecule has 2 aromatic heterocycles. The fraction of sp³-hybridized carbons (Fsp3) is 0.278. The number of alkyl halides is 3. The summed E-state index contributed by atoms with van der Waals surface area (Å²) in [6, 6.07) is 5.05. The van der Waals surface area contributed by atoms with Crippen molar-refractivity contribution >= 4 is 39.3 Å². The number of rotatable bonds is 5. The fourth-order valence-corrected chi connectivity index (χ4v) is 3.44. The highest BCUT2D eigenvalue weighted by atomic mass is 79.9. The molecule has 6 nitrogen and oxygen atoms in total. The Morgan fingerprint density at radius 2 is 1.97 bits per heavy atom. The first-order valence-electron chi connectivity index (χ1n) is 8.58. The third-order valence-electron chi connectivity index (χ3n) is 4.34. The van der Waals surface area contributed by atoms with E-state index >= 15 is 0 Å². The van der Waals surface area contributed by atoms with Crippen molar-refractivity contribution in [1.82, 2.24) is 19.6 Å². The maximum Gasteiger partial charge on any atom is 0.436 e. The molecule has 12 heteroatoms. The van der Waals surface area contributed by atoms with E-state index in [4.69, 9.17) is 11.6 Å². The van der Waals surface area contributed by atoms with Crippen LogP contribution < -0.4 is 5.32 Å². The molecule has 30 heavy (non-hydrogen) atoms. The smallest absolute Gasteiger partial charge is 0.306 e. The minimum Gasteiger partial charge on any atom is -0.306 e. The molecule has 1 atom stereocenters. The zero-order valence-corrected chi connectivity index (χ0v) is 18.0. The lowest BCUT2D eigenvalue weighted by Gasteiger charge is -2.13. The van der Waals surface area contributed by atoms with E-state index in [-0.39, 0.29) is 27.6 Å². The molecular formula is C18H15BrClF4N5O. The molecule has 3 rings (SSSR count). The zero-order chi connectivity index (χ0) is 22.2. The third-order valence-corrected chi connectivity index (χ3v) is 5.57. The van der Waals surface area contributed by atoms with Crippen LogP contribution in [0.25, 0.3) is 0 Å². The van der Waals surface area contributed by atoms with E-state index in [1.807, 2.05) is 0 Å². The summed E-state index contributed by atoms with van der Waals surface area (Å²) >= 11 is 8.97. The van der Waals surface area contributed by atoms with Gasteiger partial charge in [-0.2, -0.15) is 23.4 Å². The van der Waals surface area contributed by atoms with Crippen LogP contribution in [0.4, 0.5) is 23.4 Å². The summed E-state index contributed by atoms with van der Waals surface area (Å²) in [5.74, 6) is -1.08. The monoisotopic (exact) mass is 507 g/mol. The zero-order valence-electron chi connectivity index (χ0n) is 15.6. The Morgan fingerprint density at radius 3 is 2.57 bits per heavy atom. The minimum atomic E-state index is -4.67. The maximum absolute atomic E-state index is 13.8. The lowest BCUT2D eigenvalue weighted by molar-refractivity contribution is -0.142. The standard InChI is InChI=1S/C18H15BrClF4N5O/c1-9-14(19)15(18(22,23)24)26-29(9)10(2)17(30)25-16-12(20)8-28(27-16)7-11-5-3-4-6-13(11)21/h3-6,8,10H,7H2,1-2H3,(H,25,27,30). The number of benzene rings is 1. The topological polar surface area (TPSA) is 64.7 Å². The first-order chi connectivity index (χ1) is 14.0. The molecule has 1 N–H and O–H groups in total. The SMILES string of the molecule is Cc1c(Br)c(C(F)(F)F)nn1C(C)C(=O)Nc1nn(Cc2ccccc2F)cc1Cl. The summed E-state index contributed by atoms with van der Waals surface area (Å²) < 4.78 is 55.0. The molecule has 0 spiro atoms. The van der Waals surface area contributed by atoms with Gasteiger partial charge in [-0.1, -0.05) is 29.8 Å². The molecular weight excluding hydrogens is 494 g/mol. The fourth-order valence-electron chi connectivity index (χ4n) is 2.75. The van der Waals surface area contributed by atoms with Gasteiger partial charge in [0.15, 0.2) is 11.5 Å². The number of anilines is 1. The summed E-state index contributed by atoms with van der Waals surface area (Å²) in [7, 11) is 0. The van der Waals surface area contributed by atoms with E-state index in [0.29, 0.717) is 5.56 Å². The van der Waals surface area contributed by atoms with E-state index in [2.05, 4.69) is 31.4 Å². The maximum atomic E-state index is 13.8. The van der Waals surface area contributed by atoms with Crippen LogP contribution in [0.15, 0.2) is 34.9 Å². The van der Waals surface area contributed by atoms with Crippen molar-refractivity contribution in [1.29, 1.82) is 0 Å². The van der Waals surface area contributed by atoms with Crippen LogP contribution in [0, 0.1) is 12.7 Å². The largest absolute Gasteiger partial charge is 0.436 e. The third kappa shape index (κ3) is 4.51. The highest BCUT2D eigenvalue weighted by Gasteiger charge is 2.39. The predicted octanol–water partition coefficient (Wildman–Crippen LogP) is 5.21. The number of nitrogens with zero attached hydrogens (tertiary/aromatic N) is 4. The van der Waals surface area contributed by atoms with Gasteiger partial charge in [0.2, 0.25) is 5.91 Å². The van der Waals surface area contributed by atoms with Crippen molar-refractivity contribution in [3.05, 3.63) is 62.7 Å². The molecule has 0 saturated carbocycles. The number of aromatic nitrogens is 4. The lowest BCUT2D eigenvalue weighted by atomic mass is 10.2. The molecule has 2 heterocycles. The van der Waals surface area contributed by atoms with E-state index < -0.39 is 29.6 Å². The van der Waals surface area contributed by atoms with Crippen LogP contribution in [-0.2, 0) is 17.5 Å². The van der Waals surface area contributed by atoms with Crippen LogP contribution in [0.2, 0.25) is 5.02 Å². The van der Waals surface area contributed by atoms with Crippen molar-refractivity contribution < 1.29 is 22.4 Å². The van der Waals surface area contributed by atoms with E-state index in [1.54, 1.807) is 18.2 Å². The van der Waals surface area contributed by atoms with Gasteiger partial charge >= 0.3 is 6.18 Å². The number of hydrogen-bond donors (Lipinski definition) is 1. The first kappa shape index (κ1) is 22.3. The molecule has 1 aromatic carbocycles. The van der Waals surface area contributed by atoms with Crippen LogP contribution >= 0.6 is 27.5 Å². The second kappa shape index (κ2) is 8.38. The van der Waals surface area contributed by atoms with Gasteiger partial charge in [-0.15, -0.1) is 0 Å². The summed E-state index contributed by atoms with van der Waals surface area (Å²) in [4.78, 5) is 12.6. The minimum absolute atomic E-state index is 0.00442. The Kier molecular flexibility index (Phi) is 6.23. The van der Waals surface area contributed by atoms with Gasteiger partial charge in [-0.3, -0.25) is 14.2 Å². The van der Waals surface area contributed by atoms with Gasteiger partial charge in [0.05, 0.1) is 16.7 Å². The molecule has 0 fully saturated rings. The molecule has 0 bridgehead atoms. The molecule has 0 aliphatic carbocycles. The number of carbonyl (C=O) groups excluding carboxylic acids is 1. The Bertz CT molecular complexity index is 1090. The van der Waals surface area contributed by atoms with Crippen molar-refractivity contribution in [2.45, 2.75) is 32.6 Å². The average molecular weight is 509 g/mol. The quantitative estimate of drug-likeness (QED) is 0.481. The molecule has 0 aliphatic rings. The highest BCUT2D eigenvalue weighted by molar-refractivity contribution is 9.10. The highest BCUT2D eigenvalue weighted by Crippen LogP contribution is 2.36. The van der Waals surface area contributed by atoms with Crippen LogP contribution in [0.1, 0.15) is 29.9 Å². The molecule has 0 radical (unpaired) electrons. The molecule has 160 valence electrons. The number of hydrogen-bond acceptors (Lipinski definition) is 3. The summed E-state index contributed by atoms with van der Waals surface area (Å²) in [5.41, 5.74) is -0.604. The molecule has 1 unspecified atom stereocenters. The van der Waals surface area contributed by atoms with Gasteiger partial charge in [0.25, 0.3) is 0 Å². The molecule has 3 aromatic rings. The van der Waals surface area contributed by atoms with Gasteiger partial charge in [0, 0.05) is 11.8 Å². The van der Waals surface area contributed by atoms with Gasteiger partial charge in [0.1, 0.15) is 16.9 Å². The van der Waals surface area contributed by atoms with E-state index in [1.165, 1.54) is 30.8 Å². The first-order valence-corrected chi connectivity index (χ1v) is 9.75. The second-order valence-electron chi connectivity index (χ2n) is 6.47. The van der Waals surface area contributed by atoms with Crippen LogP contribution in [-0.4, -0.2) is 25.5 Å². The molecule has 0 saturated heterocycles. The molecule has 1 amide bonds. The summed E-state index contributed by atoms with van der Waals surface area (Å²) in [6.07, 6.45) is -3.26. The van der Waals surface area contributed by atoms with E-state index in [0.717, 1.165) is 4.68 Å².